The first-order valence-electron chi connectivity index (χ1n) is 6.67. The van der Waals surface area contributed by atoms with Gasteiger partial charge in [0.2, 0.25) is 5.91 Å². The van der Waals surface area contributed by atoms with E-state index >= 15 is 0 Å². The SMILES string of the molecule is CC1(NC(=O)C2C3CCC(C3)C2N)CCC1. The lowest BCUT2D eigenvalue weighted by Gasteiger charge is -2.41. The summed E-state index contributed by atoms with van der Waals surface area (Å²) < 4.78 is 0. The number of amides is 1. The van der Waals surface area contributed by atoms with E-state index in [4.69, 9.17) is 5.73 Å². The lowest BCUT2D eigenvalue weighted by atomic mass is 9.77. The van der Waals surface area contributed by atoms with Crippen molar-refractivity contribution in [3.8, 4) is 0 Å². The molecule has 3 heteroatoms. The summed E-state index contributed by atoms with van der Waals surface area (Å²) in [6.07, 6.45) is 7.17. The van der Waals surface area contributed by atoms with Crippen molar-refractivity contribution in [2.75, 3.05) is 0 Å². The molecular weight excluding hydrogens is 200 g/mol. The molecule has 90 valence electrons. The Hall–Kier alpha value is -0.570. The van der Waals surface area contributed by atoms with E-state index in [0.29, 0.717) is 11.8 Å². The number of nitrogens with one attached hydrogen (secondary N) is 1. The first-order chi connectivity index (χ1) is 7.59. The Morgan fingerprint density at radius 1 is 1.31 bits per heavy atom. The van der Waals surface area contributed by atoms with Gasteiger partial charge in [-0.1, -0.05) is 0 Å². The van der Waals surface area contributed by atoms with Crippen molar-refractivity contribution in [2.24, 2.45) is 23.5 Å². The normalized spacial score (nSPS) is 44.1. The highest BCUT2D eigenvalue weighted by molar-refractivity contribution is 5.81. The van der Waals surface area contributed by atoms with Gasteiger partial charge in [-0.2, -0.15) is 0 Å². The van der Waals surface area contributed by atoms with Crippen molar-refractivity contribution in [1.29, 1.82) is 0 Å². The maximum atomic E-state index is 12.3. The number of fused-ring (bicyclic) bond motifs is 2. The Balaban J connectivity index is 1.66. The molecule has 3 rings (SSSR count). The van der Waals surface area contributed by atoms with E-state index in [0.717, 1.165) is 12.8 Å². The van der Waals surface area contributed by atoms with Crippen molar-refractivity contribution < 1.29 is 4.79 Å². The quantitative estimate of drug-likeness (QED) is 0.742. The van der Waals surface area contributed by atoms with Crippen LogP contribution in [0.3, 0.4) is 0 Å². The van der Waals surface area contributed by atoms with Crippen LogP contribution in [0.15, 0.2) is 0 Å². The van der Waals surface area contributed by atoms with Gasteiger partial charge in [0.1, 0.15) is 0 Å². The highest BCUT2D eigenvalue weighted by Gasteiger charge is 2.50. The average Bonchev–Trinajstić information content (AvgIpc) is 2.75. The summed E-state index contributed by atoms with van der Waals surface area (Å²) in [4.78, 5) is 12.3. The standard InChI is InChI=1S/C13H22N2O/c1-13(5-2-6-13)15-12(16)10-8-3-4-9(7-8)11(10)14/h8-11H,2-7,14H2,1H3,(H,15,16). The second-order valence-electron chi connectivity index (χ2n) is 6.34. The molecule has 0 heterocycles. The van der Waals surface area contributed by atoms with Crippen molar-refractivity contribution in [2.45, 2.75) is 57.0 Å². The largest absolute Gasteiger partial charge is 0.351 e. The van der Waals surface area contributed by atoms with Crippen LogP contribution in [0.25, 0.3) is 0 Å². The van der Waals surface area contributed by atoms with Crippen LogP contribution in [0.4, 0.5) is 0 Å². The molecule has 4 unspecified atom stereocenters. The third-order valence-corrected chi connectivity index (χ3v) is 5.17. The predicted molar refractivity (Wildman–Crippen MR) is 62.7 cm³/mol. The summed E-state index contributed by atoms with van der Waals surface area (Å²) in [5, 5.41) is 3.23. The second-order valence-corrected chi connectivity index (χ2v) is 6.34. The molecule has 3 saturated carbocycles. The molecule has 0 aliphatic heterocycles. The van der Waals surface area contributed by atoms with Gasteiger partial charge < -0.3 is 11.1 Å². The molecule has 0 saturated heterocycles. The molecule has 3 fully saturated rings. The minimum Gasteiger partial charge on any atom is -0.351 e. The molecule has 0 spiro atoms. The van der Waals surface area contributed by atoms with Gasteiger partial charge in [0.05, 0.1) is 5.92 Å². The maximum absolute atomic E-state index is 12.3. The highest BCUT2D eigenvalue weighted by atomic mass is 16.2. The summed E-state index contributed by atoms with van der Waals surface area (Å²) in [6.45, 7) is 2.16. The molecule has 3 aliphatic rings. The van der Waals surface area contributed by atoms with Crippen molar-refractivity contribution >= 4 is 5.91 Å². The van der Waals surface area contributed by atoms with E-state index < -0.39 is 0 Å². The fraction of sp³-hybridized carbons (Fsp3) is 0.923. The lowest BCUT2D eigenvalue weighted by Crippen LogP contribution is -2.55. The van der Waals surface area contributed by atoms with E-state index in [1.807, 2.05) is 0 Å². The molecule has 2 bridgehead atoms. The van der Waals surface area contributed by atoms with Crippen LogP contribution in [-0.2, 0) is 4.79 Å². The van der Waals surface area contributed by atoms with E-state index in [1.54, 1.807) is 0 Å². The summed E-state index contributed by atoms with van der Waals surface area (Å²) in [5.41, 5.74) is 6.26. The summed E-state index contributed by atoms with van der Waals surface area (Å²) in [7, 11) is 0. The number of hydrogen-bond donors (Lipinski definition) is 2. The third-order valence-electron chi connectivity index (χ3n) is 5.17. The van der Waals surface area contributed by atoms with Gasteiger partial charge in [0.25, 0.3) is 0 Å². The topological polar surface area (TPSA) is 55.1 Å². The first-order valence-corrected chi connectivity index (χ1v) is 6.67. The number of hydrogen-bond acceptors (Lipinski definition) is 2. The minimum atomic E-state index is 0.0820. The van der Waals surface area contributed by atoms with E-state index in [2.05, 4.69) is 12.2 Å². The van der Waals surface area contributed by atoms with Crippen LogP contribution in [0, 0.1) is 17.8 Å². The second kappa shape index (κ2) is 3.46. The van der Waals surface area contributed by atoms with Crippen LogP contribution in [0.5, 0.6) is 0 Å². The van der Waals surface area contributed by atoms with Gasteiger partial charge >= 0.3 is 0 Å². The van der Waals surface area contributed by atoms with Crippen LogP contribution in [0.1, 0.15) is 45.4 Å². The maximum Gasteiger partial charge on any atom is 0.225 e. The predicted octanol–water partition coefficient (Wildman–Crippen LogP) is 1.42. The molecule has 0 aromatic rings. The fourth-order valence-corrected chi connectivity index (χ4v) is 3.94. The third kappa shape index (κ3) is 1.48. The van der Waals surface area contributed by atoms with Gasteiger partial charge in [0, 0.05) is 11.6 Å². The summed E-state index contributed by atoms with van der Waals surface area (Å²) in [5.74, 6) is 1.54. The Labute approximate surface area is 97.2 Å². The van der Waals surface area contributed by atoms with Crippen LogP contribution < -0.4 is 11.1 Å². The molecule has 4 atom stereocenters. The zero-order valence-corrected chi connectivity index (χ0v) is 10.0. The summed E-state index contributed by atoms with van der Waals surface area (Å²) in [6, 6.07) is 0.127. The lowest BCUT2D eigenvalue weighted by molar-refractivity contribution is -0.129. The fourth-order valence-electron chi connectivity index (χ4n) is 3.94. The van der Waals surface area contributed by atoms with Crippen LogP contribution in [-0.4, -0.2) is 17.5 Å². The van der Waals surface area contributed by atoms with Gasteiger partial charge in [-0.25, -0.2) is 0 Å². The summed E-state index contributed by atoms with van der Waals surface area (Å²) >= 11 is 0. The van der Waals surface area contributed by atoms with Crippen molar-refractivity contribution in [1.82, 2.24) is 5.32 Å². The molecule has 0 radical (unpaired) electrons. The molecule has 1 amide bonds. The van der Waals surface area contributed by atoms with Gasteiger partial charge in [-0.15, -0.1) is 0 Å². The molecule has 3 aliphatic carbocycles. The van der Waals surface area contributed by atoms with E-state index in [-0.39, 0.29) is 23.4 Å². The number of nitrogens with two attached hydrogens (primary N) is 1. The molecule has 3 nitrogen and oxygen atoms in total. The van der Waals surface area contributed by atoms with Crippen molar-refractivity contribution in [3.63, 3.8) is 0 Å². The Morgan fingerprint density at radius 3 is 2.50 bits per heavy atom. The smallest absolute Gasteiger partial charge is 0.225 e. The Kier molecular flexibility index (Phi) is 2.29. The Morgan fingerprint density at radius 2 is 2.00 bits per heavy atom. The molecule has 3 N–H and O–H groups in total. The number of carbonyl (C=O) groups excluding carboxylic acids is 1. The van der Waals surface area contributed by atoms with Crippen LogP contribution >= 0.6 is 0 Å². The highest BCUT2D eigenvalue weighted by Crippen LogP contribution is 2.48. The molecular formula is C13H22N2O. The zero-order valence-electron chi connectivity index (χ0n) is 10.0. The van der Waals surface area contributed by atoms with Gasteiger partial charge in [-0.3, -0.25) is 4.79 Å². The van der Waals surface area contributed by atoms with Gasteiger partial charge in [-0.05, 0) is 57.3 Å². The molecule has 0 aromatic carbocycles. The average molecular weight is 222 g/mol. The zero-order chi connectivity index (χ0) is 11.3. The van der Waals surface area contributed by atoms with Crippen molar-refractivity contribution in [3.05, 3.63) is 0 Å². The number of rotatable bonds is 2. The van der Waals surface area contributed by atoms with Gasteiger partial charge in [0.15, 0.2) is 0 Å². The van der Waals surface area contributed by atoms with Crippen LogP contribution in [0.2, 0.25) is 0 Å². The number of carbonyl (C=O) groups is 1. The molecule has 16 heavy (non-hydrogen) atoms. The van der Waals surface area contributed by atoms with E-state index in [1.165, 1.54) is 25.7 Å². The molecule has 0 aromatic heterocycles. The monoisotopic (exact) mass is 222 g/mol. The van der Waals surface area contributed by atoms with E-state index in [9.17, 15) is 4.79 Å². The minimum absolute atomic E-state index is 0.0820. The first kappa shape index (κ1) is 10.6. The Bertz CT molecular complexity index is 309.